The Bertz CT molecular complexity index is 292. The van der Waals surface area contributed by atoms with Crippen LogP contribution in [0.4, 0.5) is 5.69 Å². The Hall–Kier alpha value is -0.980. The second-order valence-corrected chi connectivity index (χ2v) is 5.24. The highest BCUT2D eigenvalue weighted by Crippen LogP contribution is 2.17. The lowest BCUT2D eigenvalue weighted by atomic mass is 10.1. The molecule has 0 aliphatic carbocycles. The molecular weight excluding hydrogens is 242 g/mol. The molecule has 0 radical (unpaired) electrons. The van der Waals surface area contributed by atoms with Crippen LogP contribution in [-0.2, 0) is 0 Å². The number of unbranched alkanes of at least 4 members (excludes halogenated alkanes) is 4. The van der Waals surface area contributed by atoms with Crippen molar-refractivity contribution in [3.63, 3.8) is 0 Å². The topological polar surface area (TPSA) is 3.24 Å². The fourth-order valence-corrected chi connectivity index (χ4v) is 2.23. The number of nitrogens with zero attached hydrogens (tertiary/aromatic N) is 1. The minimum Gasteiger partial charge on any atom is -0.372 e. The third kappa shape index (κ3) is 8.24. The summed E-state index contributed by atoms with van der Waals surface area (Å²) in [5.41, 5.74) is 2.74. The average Bonchev–Trinajstić information content (AvgIpc) is 2.49. The largest absolute Gasteiger partial charge is 0.372 e. The van der Waals surface area contributed by atoms with Crippen LogP contribution in [0.5, 0.6) is 0 Å². The number of benzene rings is 1. The van der Waals surface area contributed by atoms with Gasteiger partial charge >= 0.3 is 0 Å². The van der Waals surface area contributed by atoms with Gasteiger partial charge in [-0.15, -0.1) is 0 Å². The van der Waals surface area contributed by atoms with Crippen molar-refractivity contribution in [3.05, 3.63) is 29.8 Å². The van der Waals surface area contributed by atoms with Crippen LogP contribution in [0.1, 0.15) is 71.8 Å². The maximum Gasteiger partial charge on any atom is 0.0366 e. The maximum atomic E-state index is 2.56. The van der Waals surface area contributed by atoms with Crippen molar-refractivity contribution in [2.24, 2.45) is 0 Å². The molecule has 0 saturated heterocycles. The first-order valence-corrected chi connectivity index (χ1v) is 8.59. The van der Waals surface area contributed by atoms with E-state index in [4.69, 9.17) is 0 Å². The summed E-state index contributed by atoms with van der Waals surface area (Å²) < 4.78 is 0. The maximum absolute atomic E-state index is 2.56. The summed E-state index contributed by atoms with van der Waals surface area (Å²) in [4.78, 5) is 2.56. The minimum atomic E-state index is 1.21. The molecule has 0 aliphatic heterocycles. The molecule has 0 spiro atoms. The highest BCUT2D eigenvalue weighted by atomic mass is 15.1. The van der Waals surface area contributed by atoms with Gasteiger partial charge in [0.2, 0.25) is 0 Å². The van der Waals surface area contributed by atoms with Crippen molar-refractivity contribution in [1.29, 1.82) is 0 Å². The standard InChI is InChI=1S/C17H29N.C2H6/c1-4-6-8-14-18(15-9-7-5-2)17-12-10-16(3)11-13-17;1-2/h10-13H,4-9,14-15H2,1-3H3;1-2H3. The van der Waals surface area contributed by atoms with E-state index in [0.29, 0.717) is 0 Å². The molecule has 0 aromatic heterocycles. The molecule has 1 nitrogen and oxygen atoms in total. The van der Waals surface area contributed by atoms with Gasteiger partial charge in [-0.25, -0.2) is 0 Å². The number of hydrogen-bond acceptors (Lipinski definition) is 1. The first kappa shape index (κ1) is 19.0. The third-order valence-electron chi connectivity index (χ3n) is 3.46. The summed E-state index contributed by atoms with van der Waals surface area (Å²) in [6.45, 7) is 13.1. The lowest BCUT2D eigenvalue weighted by Crippen LogP contribution is -2.25. The number of rotatable bonds is 9. The van der Waals surface area contributed by atoms with E-state index < -0.39 is 0 Å². The number of hydrogen-bond donors (Lipinski definition) is 0. The molecular formula is C19H35N. The van der Waals surface area contributed by atoms with Gasteiger partial charge in [0.1, 0.15) is 0 Å². The van der Waals surface area contributed by atoms with Gasteiger partial charge in [-0.1, -0.05) is 71.1 Å². The molecule has 0 fully saturated rings. The third-order valence-corrected chi connectivity index (χ3v) is 3.46. The zero-order valence-electron chi connectivity index (χ0n) is 14.4. The van der Waals surface area contributed by atoms with E-state index in [2.05, 4.69) is 49.9 Å². The van der Waals surface area contributed by atoms with E-state index >= 15 is 0 Å². The predicted octanol–water partition coefficient (Wildman–Crippen LogP) is 6.21. The van der Waals surface area contributed by atoms with E-state index in [1.165, 1.54) is 62.9 Å². The van der Waals surface area contributed by atoms with Crippen molar-refractivity contribution in [3.8, 4) is 0 Å². The first-order valence-electron chi connectivity index (χ1n) is 8.59. The van der Waals surface area contributed by atoms with Gasteiger partial charge in [0.25, 0.3) is 0 Å². The molecule has 1 aromatic carbocycles. The van der Waals surface area contributed by atoms with Crippen molar-refractivity contribution < 1.29 is 0 Å². The smallest absolute Gasteiger partial charge is 0.0366 e. The molecule has 20 heavy (non-hydrogen) atoms. The molecule has 0 saturated carbocycles. The van der Waals surface area contributed by atoms with E-state index in [-0.39, 0.29) is 0 Å². The van der Waals surface area contributed by atoms with Crippen LogP contribution in [0.2, 0.25) is 0 Å². The quantitative estimate of drug-likeness (QED) is 0.485. The van der Waals surface area contributed by atoms with Crippen LogP contribution in [0.15, 0.2) is 24.3 Å². The Kier molecular flexibility index (Phi) is 12.4. The van der Waals surface area contributed by atoms with Gasteiger partial charge in [0, 0.05) is 18.8 Å². The van der Waals surface area contributed by atoms with Crippen LogP contribution in [-0.4, -0.2) is 13.1 Å². The van der Waals surface area contributed by atoms with Gasteiger partial charge in [0.15, 0.2) is 0 Å². The molecule has 0 amide bonds. The van der Waals surface area contributed by atoms with Gasteiger partial charge < -0.3 is 4.90 Å². The average molecular weight is 277 g/mol. The van der Waals surface area contributed by atoms with E-state index in [1.807, 2.05) is 13.8 Å². The number of anilines is 1. The number of aryl methyl sites for hydroxylation is 1. The van der Waals surface area contributed by atoms with Gasteiger partial charge in [-0.3, -0.25) is 0 Å². The summed E-state index contributed by atoms with van der Waals surface area (Å²) in [5, 5.41) is 0. The molecule has 0 heterocycles. The molecule has 0 N–H and O–H groups in total. The van der Waals surface area contributed by atoms with Gasteiger partial charge in [-0.2, -0.15) is 0 Å². The molecule has 0 aliphatic rings. The molecule has 0 unspecified atom stereocenters. The normalized spacial score (nSPS) is 9.85. The zero-order valence-corrected chi connectivity index (χ0v) is 14.4. The van der Waals surface area contributed by atoms with Crippen LogP contribution in [0.25, 0.3) is 0 Å². The molecule has 1 aromatic rings. The van der Waals surface area contributed by atoms with Crippen molar-refractivity contribution in [1.82, 2.24) is 0 Å². The minimum absolute atomic E-state index is 1.21. The Labute approximate surface area is 127 Å². The van der Waals surface area contributed by atoms with Crippen molar-refractivity contribution >= 4 is 5.69 Å². The second kappa shape index (κ2) is 13.0. The lowest BCUT2D eigenvalue weighted by molar-refractivity contribution is 0.636. The van der Waals surface area contributed by atoms with Crippen LogP contribution in [0.3, 0.4) is 0 Å². The Morgan fingerprint density at radius 1 is 0.750 bits per heavy atom. The highest BCUT2D eigenvalue weighted by molar-refractivity contribution is 5.47. The zero-order chi connectivity index (χ0) is 15.2. The molecule has 0 atom stereocenters. The molecule has 116 valence electrons. The fraction of sp³-hybridized carbons (Fsp3) is 0.684. The lowest BCUT2D eigenvalue weighted by Gasteiger charge is -2.25. The second-order valence-electron chi connectivity index (χ2n) is 5.24. The van der Waals surface area contributed by atoms with Gasteiger partial charge in [-0.05, 0) is 31.9 Å². The SMILES string of the molecule is CC.CCCCCN(CCCCC)c1ccc(C)cc1. The summed E-state index contributed by atoms with van der Waals surface area (Å²) in [7, 11) is 0. The first-order chi connectivity index (χ1) is 9.77. The summed E-state index contributed by atoms with van der Waals surface area (Å²) in [6, 6.07) is 8.99. The Balaban J connectivity index is 0.00000172. The van der Waals surface area contributed by atoms with Crippen molar-refractivity contribution in [2.45, 2.75) is 73.1 Å². The van der Waals surface area contributed by atoms with E-state index in [0.717, 1.165) is 0 Å². The molecule has 1 heteroatoms. The van der Waals surface area contributed by atoms with E-state index in [9.17, 15) is 0 Å². The summed E-state index contributed by atoms with van der Waals surface area (Å²) >= 11 is 0. The fourth-order valence-electron chi connectivity index (χ4n) is 2.23. The summed E-state index contributed by atoms with van der Waals surface area (Å²) in [6.07, 6.45) is 7.92. The van der Waals surface area contributed by atoms with Crippen LogP contribution in [0, 0.1) is 6.92 Å². The summed E-state index contributed by atoms with van der Waals surface area (Å²) in [5.74, 6) is 0. The van der Waals surface area contributed by atoms with Crippen LogP contribution >= 0.6 is 0 Å². The molecule has 0 bridgehead atoms. The highest BCUT2D eigenvalue weighted by Gasteiger charge is 2.05. The monoisotopic (exact) mass is 277 g/mol. The van der Waals surface area contributed by atoms with Crippen molar-refractivity contribution in [2.75, 3.05) is 18.0 Å². The van der Waals surface area contributed by atoms with Gasteiger partial charge in [0.05, 0.1) is 0 Å². The predicted molar refractivity (Wildman–Crippen MR) is 93.8 cm³/mol. The van der Waals surface area contributed by atoms with E-state index in [1.54, 1.807) is 0 Å². The van der Waals surface area contributed by atoms with Crippen LogP contribution < -0.4 is 4.90 Å². The molecule has 1 rings (SSSR count). The Morgan fingerprint density at radius 3 is 1.60 bits per heavy atom. The Morgan fingerprint density at radius 2 is 1.20 bits per heavy atom.